The van der Waals surface area contributed by atoms with Crippen molar-refractivity contribution < 1.29 is 14.4 Å². The van der Waals surface area contributed by atoms with Crippen LogP contribution in [0.3, 0.4) is 0 Å². The molecule has 0 aromatic heterocycles. The summed E-state index contributed by atoms with van der Waals surface area (Å²) in [6.45, 7) is 0. The van der Waals surface area contributed by atoms with Gasteiger partial charge in [0.15, 0.2) is 0 Å². The summed E-state index contributed by atoms with van der Waals surface area (Å²) >= 11 is 2.71. The largest absolute Gasteiger partial charge is 0.349 e. The standard InChI is InChI=1S/C2H4BrO3P/c3-1-2-7(4,5)6/h1-2H,(H2,4,5,6)/b2-1+. The van der Waals surface area contributed by atoms with Gasteiger partial charge in [0.2, 0.25) is 0 Å². The summed E-state index contributed by atoms with van der Waals surface area (Å²) in [5, 5.41) is 0. The van der Waals surface area contributed by atoms with Gasteiger partial charge in [0.05, 0.1) is 0 Å². The molecule has 0 saturated carbocycles. The third-order valence-electron chi connectivity index (χ3n) is 0.251. The highest BCUT2D eigenvalue weighted by Crippen LogP contribution is 2.36. The van der Waals surface area contributed by atoms with Gasteiger partial charge in [-0.1, -0.05) is 15.9 Å². The molecule has 0 heterocycles. The number of halogens is 1. The zero-order valence-corrected chi connectivity index (χ0v) is 5.76. The molecule has 0 aliphatic heterocycles. The molecule has 0 aromatic carbocycles. The van der Waals surface area contributed by atoms with Crippen molar-refractivity contribution in [1.82, 2.24) is 0 Å². The Morgan fingerprint density at radius 3 is 2.00 bits per heavy atom. The Balaban J connectivity index is 3.82. The predicted molar refractivity (Wildman–Crippen MR) is 30.1 cm³/mol. The van der Waals surface area contributed by atoms with Crippen LogP contribution in [0.4, 0.5) is 0 Å². The van der Waals surface area contributed by atoms with Gasteiger partial charge in [-0.05, 0) is 4.99 Å². The maximum absolute atomic E-state index is 9.81. The zero-order chi connectivity index (χ0) is 5.91. The monoisotopic (exact) mass is 186 g/mol. The molecule has 3 nitrogen and oxygen atoms in total. The van der Waals surface area contributed by atoms with Crippen LogP contribution >= 0.6 is 23.5 Å². The maximum atomic E-state index is 9.81. The molecule has 0 rings (SSSR count). The van der Waals surface area contributed by atoms with Gasteiger partial charge < -0.3 is 9.79 Å². The lowest BCUT2D eigenvalue weighted by Crippen LogP contribution is -1.64. The van der Waals surface area contributed by atoms with E-state index in [-0.39, 0.29) is 0 Å². The van der Waals surface area contributed by atoms with E-state index in [2.05, 4.69) is 15.9 Å². The van der Waals surface area contributed by atoms with E-state index in [0.29, 0.717) is 0 Å². The van der Waals surface area contributed by atoms with Crippen molar-refractivity contribution in [2.24, 2.45) is 0 Å². The van der Waals surface area contributed by atoms with Crippen LogP contribution in [0.25, 0.3) is 0 Å². The van der Waals surface area contributed by atoms with E-state index in [4.69, 9.17) is 9.79 Å². The average molecular weight is 187 g/mol. The molecule has 0 fully saturated rings. The third-order valence-corrected chi connectivity index (χ3v) is 1.46. The number of hydrogen-bond donors (Lipinski definition) is 2. The molecule has 0 amide bonds. The lowest BCUT2D eigenvalue weighted by Gasteiger charge is -1.88. The fourth-order valence-electron chi connectivity index (χ4n) is 0.0734. The van der Waals surface area contributed by atoms with Crippen LogP contribution < -0.4 is 0 Å². The Hall–Kier alpha value is 0.370. The van der Waals surface area contributed by atoms with Gasteiger partial charge in [-0.3, -0.25) is 4.57 Å². The molecule has 0 bridgehead atoms. The van der Waals surface area contributed by atoms with Crippen LogP contribution in [0.2, 0.25) is 0 Å². The van der Waals surface area contributed by atoms with E-state index in [1.807, 2.05) is 0 Å². The molecule has 0 radical (unpaired) electrons. The van der Waals surface area contributed by atoms with Gasteiger partial charge in [0.25, 0.3) is 0 Å². The molecule has 0 aliphatic carbocycles. The Labute approximate surface area is 49.3 Å². The molecule has 5 heteroatoms. The first-order chi connectivity index (χ1) is 3.06. The molecule has 7 heavy (non-hydrogen) atoms. The first-order valence-electron chi connectivity index (χ1n) is 1.39. The normalized spacial score (nSPS) is 13.0. The lowest BCUT2D eigenvalue weighted by molar-refractivity contribution is 0.386. The Bertz CT molecular complexity index is 114. The molecule has 0 aliphatic rings. The number of hydrogen-bond acceptors (Lipinski definition) is 1. The molecule has 0 saturated heterocycles. The van der Waals surface area contributed by atoms with E-state index in [1.54, 1.807) is 0 Å². The van der Waals surface area contributed by atoms with Crippen LogP contribution in [0.1, 0.15) is 0 Å². The van der Waals surface area contributed by atoms with E-state index in [9.17, 15) is 4.57 Å². The van der Waals surface area contributed by atoms with Crippen molar-refractivity contribution >= 4 is 23.5 Å². The minimum absolute atomic E-state index is 0.771. The van der Waals surface area contributed by atoms with Gasteiger partial charge >= 0.3 is 7.60 Å². The van der Waals surface area contributed by atoms with Crippen LogP contribution in [0.5, 0.6) is 0 Å². The molecule has 0 atom stereocenters. The summed E-state index contributed by atoms with van der Waals surface area (Å²) in [7, 11) is -3.89. The van der Waals surface area contributed by atoms with E-state index >= 15 is 0 Å². The molecular weight excluding hydrogens is 183 g/mol. The second-order valence-electron chi connectivity index (χ2n) is 0.864. The van der Waals surface area contributed by atoms with Crippen LogP contribution in [0, 0.1) is 0 Å². The van der Waals surface area contributed by atoms with Crippen molar-refractivity contribution in [3.05, 3.63) is 10.8 Å². The highest BCUT2D eigenvalue weighted by molar-refractivity contribution is 9.11. The molecular formula is C2H4BrO3P. The SMILES string of the molecule is O=P(O)(O)/C=C/Br. The Kier molecular flexibility index (Phi) is 2.76. The summed E-state index contributed by atoms with van der Waals surface area (Å²) in [5.41, 5.74) is 0. The van der Waals surface area contributed by atoms with Gasteiger partial charge in [-0.2, -0.15) is 0 Å². The maximum Gasteiger partial charge on any atom is 0.349 e. The van der Waals surface area contributed by atoms with Gasteiger partial charge in [-0.25, -0.2) is 0 Å². The first kappa shape index (κ1) is 7.37. The van der Waals surface area contributed by atoms with E-state index in [1.165, 1.54) is 0 Å². The third kappa shape index (κ3) is 6.37. The van der Waals surface area contributed by atoms with Crippen LogP contribution in [-0.2, 0) is 4.57 Å². The summed E-state index contributed by atoms with van der Waals surface area (Å²) in [6.07, 6.45) is 0. The highest BCUT2D eigenvalue weighted by Gasteiger charge is 2.02. The lowest BCUT2D eigenvalue weighted by atomic mass is 11.3. The minimum Gasteiger partial charge on any atom is -0.321 e. The van der Waals surface area contributed by atoms with Gasteiger partial charge in [0, 0.05) is 5.82 Å². The molecule has 0 unspecified atom stereocenters. The molecule has 0 aromatic rings. The smallest absolute Gasteiger partial charge is 0.321 e. The van der Waals surface area contributed by atoms with Crippen molar-refractivity contribution in [2.75, 3.05) is 0 Å². The van der Waals surface area contributed by atoms with Crippen LogP contribution in [0.15, 0.2) is 10.8 Å². The van der Waals surface area contributed by atoms with Crippen molar-refractivity contribution in [3.8, 4) is 0 Å². The fraction of sp³-hybridized carbons (Fsp3) is 0. The Morgan fingerprint density at radius 2 is 2.00 bits per heavy atom. The van der Waals surface area contributed by atoms with Crippen molar-refractivity contribution in [2.45, 2.75) is 0 Å². The minimum atomic E-state index is -3.89. The second kappa shape index (κ2) is 2.62. The molecule has 0 spiro atoms. The molecule has 42 valence electrons. The quantitative estimate of drug-likeness (QED) is 0.602. The van der Waals surface area contributed by atoms with E-state index < -0.39 is 7.60 Å². The second-order valence-corrected chi connectivity index (χ2v) is 2.87. The van der Waals surface area contributed by atoms with Gasteiger partial charge in [-0.15, -0.1) is 0 Å². The summed E-state index contributed by atoms with van der Waals surface area (Å²) in [5.74, 6) is 0.771. The number of rotatable bonds is 1. The topological polar surface area (TPSA) is 57.5 Å². The fourth-order valence-corrected chi connectivity index (χ4v) is 1.14. The zero-order valence-electron chi connectivity index (χ0n) is 3.28. The molecule has 2 N–H and O–H groups in total. The summed E-state index contributed by atoms with van der Waals surface area (Å²) in [4.78, 5) is 17.2. The van der Waals surface area contributed by atoms with Crippen molar-refractivity contribution in [3.63, 3.8) is 0 Å². The van der Waals surface area contributed by atoms with E-state index in [0.717, 1.165) is 10.8 Å². The van der Waals surface area contributed by atoms with Crippen LogP contribution in [-0.4, -0.2) is 9.79 Å². The average Bonchev–Trinajstić information content (AvgIpc) is 1.30. The van der Waals surface area contributed by atoms with Crippen molar-refractivity contribution in [1.29, 1.82) is 0 Å². The summed E-state index contributed by atoms with van der Waals surface area (Å²) in [6, 6.07) is 0. The predicted octanol–water partition coefficient (Wildman–Crippen LogP) is 1.03. The van der Waals surface area contributed by atoms with Gasteiger partial charge in [0.1, 0.15) is 0 Å². The Morgan fingerprint density at radius 1 is 1.57 bits per heavy atom. The first-order valence-corrected chi connectivity index (χ1v) is 3.99. The summed E-state index contributed by atoms with van der Waals surface area (Å²) < 4.78 is 9.81. The highest BCUT2D eigenvalue weighted by atomic mass is 79.9.